The molecule has 1 amide bonds. The van der Waals surface area contributed by atoms with Crippen LogP contribution in [0.15, 0.2) is 53.3 Å². The number of amides is 1. The Morgan fingerprint density at radius 1 is 0.971 bits per heavy atom. The quantitative estimate of drug-likeness (QED) is 0.397. The van der Waals surface area contributed by atoms with E-state index < -0.39 is 0 Å². The first-order valence-corrected chi connectivity index (χ1v) is 12.6. The predicted molar refractivity (Wildman–Crippen MR) is 134 cm³/mol. The Bertz CT molecular complexity index is 1340. The van der Waals surface area contributed by atoms with Crippen LogP contribution in [0, 0.1) is 0 Å². The largest absolute Gasteiger partial charge is 0.459 e. The van der Waals surface area contributed by atoms with Gasteiger partial charge in [-0.25, -0.2) is 14.6 Å². The Kier molecular flexibility index (Phi) is 5.90. The van der Waals surface area contributed by atoms with Crippen LogP contribution in [0.2, 0.25) is 5.02 Å². The third-order valence-corrected chi connectivity index (χ3v) is 7.39. The number of halogens is 1. The second-order valence-corrected chi connectivity index (χ2v) is 9.65. The molecular formula is C26H27ClN6O2. The zero-order valence-corrected chi connectivity index (χ0v) is 20.2. The van der Waals surface area contributed by atoms with Crippen LogP contribution in [-0.2, 0) is 0 Å². The van der Waals surface area contributed by atoms with Crippen molar-refractivity contribution in [1.29, 1.82) is 0 Å². The van der Waals surface area contributed by atoms with Gasteiger partial charge in [-0.05, 0) is 37.1 Å². The molecule has 8 nitrogen and oxygen atoms in total. The molecule has 4 heterocycles. The fraction of sp³-hybridized carbons (Fsp3) is 0.385. The first kappa shape index (κ1) is 22.1. The molecule has 9 heteroatoms. The van der Waals surface area contributed by atoms with Crippen molar-refractivity contribution in [1.82, 2.24) is 24.6 Å². The summed E-state index contributed by atoms with van der Waals surface area (Å²) in [7, 11) is 0. The maximum Gasteiger partial charge on any atom is 0.289 e. The number of furan rings is 1. The molecular weight excluding hydrogens is 464 g/mol. The molecule has 0 spiro atoms. The number of para-hydroxylation sites is 1. The van der Waals surface area contributed by atoms with Crippen molar-refractivity contribution in [2.45, 2.75) is 38.0 Å². The number of rotatable bonds is 4. The molecule has 35 heavy (non-hydrogen) atoms. The molecule has 180 valence electrons. The van der Waals surface area contributed by atoms with Crippen LogP contribution < -0.4 is 4.90 Å². The number of piperazine rings is 1. The van der Waals surface area contributed by atoms with Gasteiger partial charge >= 0.3 is 0 Å². The zero-order chi connectivity index (χ0) is 23.8. The highest BCUT2D eigenvalue weighted by atomic mass is 35.5. The monoisotopic (exact) mass is 490 g/mol. The van der Waals surface area contributed by atoms with Crippen molar-refractivity contribution < 1.29 is 9.21 Å². The number of nitrogens with zero attached hydrogens (tertiary/aromatic N) is 6. The van der Waals surface area contributed by atoms with Gasteiger partial charge in [-0.1, -0.05) is 43.0 Å². The topological polar surface area (TPSA) is 80.3 Å². The minimum Gasteiger partial charge on any atom is -0.459 e. The molecule has 0 radical (unpaired) electrons. The van der Waals surface area contributed by atoms with Gasteiger partial charge in [0.15, 0.2) is 11.4 Å². The van der Waals surface area contributed by atoms with Gasteiger partial charge in [0.25, 0.3) is 5.91 Å². The SMILES string of the molecule is O=C(c1ccco1)N1CCN(c2nc(C3CCCCC3)nc3c2cnn3-c2ccccc2Cl)CC1. The second kappa shape index (κ2) is 9.34. The summed E-state index contributed by atoms with van der Waals surface area (Å²) in [6.07, 6.45) is 9.27. The molecule has 1 saturated heterocycles. The number of aromatic nitrogens is 4. The van der Waals surface area contributed by atoms with E-state index in [0.717, 1.165) is 41.2 Å². The summed E-state index contributed by atoms with van der Waals surface area (Å²) < 4.78 is 7.13. The minimum absolute atomic E-state index is 0.0723. The normalized spacial score (nSPS) is 17.3. The van der Waals surface area contributed by atoms with Gasteiger partial charge in [-0.2, -0.15) is 5.10 Å². The van der Waals surface area contributed by atoms with Crippen molar-refractivity contribution in [2.24, 2.45) is 0 Å². The van der Waals surface area contributed by atoms with Crippen molar-refractivity contribution in [2.75, 3.05) is 31.1 Å². The second-order valence-electron chi connectivity index (χ2n) is 9.24. The fourth-order valence-electron chi connectivity index (χ4n) is 5.17. The molecule has 0 bridgehead atoms. The lowest BCUT2D eigenvalue weighted by Gasteiger charge is -2.35. The highest BCUT2D eigenvalue weighted by Gasteiger charge is 2.28. The van der Waals surface area contributed by atoms with E-state index in [0.29, 0.717) is 42.9 Å². The third-order valence-electron chi connectivity index (χ3n) is 7.07. The summed E-state index contributed by atoms with van der Waals surface area (Å²) in [6, 6.07) is 11.1. The first-order valence-electron chi connectivity index (χ1n) is 12.3. The zero-order valence-electron chi connectivity index (χ0n) is 19.4. The van der Waals surface area contributed by atoms with Crippen molar-refractivity contribution in [3.05, 3.63) is 65.5 Å². The number of benzene rings is 1. The maximum absolute atomic E-state index is 12.7. The molecule has 2 aliphatic rings. The van der Waals surface area contributed by atoms with Crippen molar-refractivity contribution in [3.8, 4) is 5.69 Å². The Morgan fingerprint density at radius 2 is 1.77 bits per heavy atom. The van der Waals surface area contributed by atoms with Gasteiger partial charge in [0, 0.05) is 32.1 Å². The highest BCUT2D eigenvalue weighted by molar-refractivity contribution is 6.32. The highest BCUT2D eigenvalue weighted by Crippen LogP contribution is 2.35. The number of anilines is 1. The summed E-state index contributed by atoms with van der Waals surface area (Å²) in [6.45, 7) is 2.56. The van der Waals surface area contributed by atoms with Crippen LogP contribution >= 0.6 is 11.6 Å². The van der Waals surface area contributed by atoms with Gasteiger partial charge in [0.05, 0.1) is 28.6 Å². The Morgan fingerprint density at radius 3 is 2.51 bits per heavy atom. The van der Waals surface area contributed by atoms with Gasteiger partial charge in [0.1, 0.15) is 11.6 Å². The Hall–Kier alpha value is -3.39. The van der Waals surface area contributed by atoms with Gasteiger partial charge < -0.3 is 14.2 Å². The molecule has 1 aliphatic heterocycles. The molecule has 1 aromatic carbocycles. The van der Waals surface area contributed by atoms with Crippen LogP contribution in [0.4, 0.5) is 5.82 Å². The summed E-state index contributed by atoms with van der Waals surface area (Å²) >= 11 is 6.52. The Labute approximate surface area is 208 Å². The van der Waals surface area contributed by atoms with Crippen LogP contribution in [-0.4, -0.2) is 56.7 Å². The number of carbonyl (C=O) groups is 1. The average Bonchev–Trinajstić information content (AvgIpc) is 3.59. The van der Waals surface area contributed by atoms with Gasteiger partial charge in [-0.3, -0.25) is 4.79 Å². The lowest BCUT2D eigenvalue weighted by molar-refractivity contribution is 0.0714. The van der Waals surface area contributed by atoms with Crippen LogP contribution in [0.25, 0.3) is 16.7 Å². The number of hydrogen-bond donors (Lipinski definition) is 0. The molecule has 1 saturated carbocycles. The van der Waals surface area contributed by atoms with E-state index in [-0.39, 0.29) is 5.91 Å². The molecule has 2 fully saturated rings. The van der Waals surface area contributed by atoms with Crippen LogP contribution in [0.3, 0.4) is 0 Å². The lowest BCUT2D eigenvalue weighted by Crippen LogP contribution is -2.49. The maximum atomic E-state index is 12.7. The van der Waals surface area contributed by atoms with E-state index in [1.54, 1.807) is 12.1 Å². The van der Waals surface area contributed by atoms with E-state index in [2.05, 4.69) is 10.00 Å². The van der Waals surface area contributed by atoms with Crippen LogP contribution in [0.5, 0.6) is 0 Å². The average molecular weight is 491 g/mol. The molecule has 3 aromatic heterocycles. The standard InChI is InChI=1S/C26H27ClN6O2/c27-20-9-4-5-10-21(20)33-25-19(17-28-33)24(29-23(30-25)18-7-2-1-3-8-18)31-12-14-32(15-13-31)26(34)22-11-6-16-35-22/h4-6,9-11,16-18H,1-3,7-8,12-15H2. The van der Waals surface area contributed by atoms with E-state index in [9.17, 15) is 4.79 Å². The molecule has 0 unspecified atom stereocenters. The molecule has 1 aliphatic carbocycles. The molecule has 0 N–H and O–H groups in total. The number of fused-ring (bicyclic) bond motifs is 1. The molecule has 0 atom stereocenters. The van der Waals surface area contributed by atoms with Crippen molar-refractivity contribution in [3.63, 3.8) is 0 Å². The van der Waals surface area contributed by atoms with E-state index in [1.807, 2.05) is 40.0 Å². The van der Waals surface area contributed by atoms with E-state index >= 15 is 0 Å². The third kappa shape index (κ3) is 4.16. The van der Waals surface area contributed by atoms with Crippen LogP contribution in [0.1, 0.15) is 54.4 Å². The van der Waals surface area contributed by atoms with E-state index in [4.69, 9.17) is 26.0 Å². The first-order chi connectivity index (χ1) is 17.2. The molecule has 4 aromatic rings. The van der Waals surface area contributed by atoms with Crippen molar-refractivity contribution >= 4 is 34.4 Å². The Balaban J connectivity index is 1.36. The smallest absolute Gasteiger partial charge is 0.289 e. The number of hydrogen-bond acceptors (Lipinski definition) is 6. The molecule has 6 rings (SSSR count). The number of carbonyl (C=O) groups excluding carboxylic acids is 1. The summed E-state index contributed by atoms with van der Waals surface area (Å²) in [5.41, 5.74) is 1.58. The summed E-state index contributed by atoms with van der Waals surface area (Å²) in [5.74, 6) is 2.43. The summed E-state index contributed by atoms with van der Waals surface area (Å²) in [5, 5.41) is 6.20. The van der Waals surface area contributed by atoms with Gasteiger partial charge in [0.2, 0.25) is 0 Å². The lowest BCUT2D eigenvalue weighted by atomic mass is 9.88. The minimum atomic E-state index is -0.0723. The van der Waals surface area contributed by atoms with E-state index in [1.165, 1.54) is 25.5 Å². The summed E-state index contributed by atoms with van der Waals surface area (Å²) in [4.78, 5) is 27.0. The van der Waals surface area contributed by atoms with Gasteiger partial charge in [-0.15, -0.1) is 0 Å². The predicted octanol–water partition coefficient (Wildman–Crippen LogP) is 5.07. The fourth-order valence-corrected chi connectivity index (χ4v) is 5.39.